The van der Waals surface area contributed by atoms with Gasteiger partial charge < -0.3 is 20.3 Å². The molecule has 1 aliphatic heterocycles. The number of rotatable bonds is 7. The van der Waals surface area contributed by atoms with Crippen LogP contribution in [0.2, 0.25) is 0 Å². The number of hydrogen-bond acceptors (Lipinski definition) is 5. The maximum atomic E-state index is 11.6. The van der Waals surface area contributed by atoms with E-state index in [0.717, 1.165) is 63.6 Å². The molecule has 0 atom stereocenters. The summed E-state index contributed by atoms with van der Waals surface area (Å²) < 4.78 is 4.83. The van der Waals surface area contributed by atoms with Gasteiger partial charge in [0.1, 0.15) is 5.82 Å². The molecule has 146 valence electrons. The molecule has 0 spiro atoms. The standard InChI is InChI=1S/C18H29N5O2.HI/c1-19-18(23-13-8-15(9-14-23)17(24)25-2)22-12-6-5-11-21-16-7-3-4-10-20-16;/h3-4,7,10,15H,5-6,8-9,11-14H2,1-2H3,(H,19,22)(H,20,21);1H. The number of esters is 1. The molecule has 1 saturated heterocycles. The van der Waals surface area contributed by atoms with Crippen molar-refractivity contribution in [2.24, 2.45) is 10.9 Å². The monoisotopic (exact) mass is 475 g/mol. The van der Waals surface area contributed by atoms with Crippen molar-refractivity contribution in [3.05, 3.63) is 24.4 Å². The lowest BCUT2D eigenvalue weighted by atomic mass is 9.97. The first-order valence-corrected chi connectivity index (χ1v) is 8.93. The highest BCUT2D eigenvalue weighted by Crippen LogP contribution is 2.18. The van der Waals surface area contributed by atoms with Crippen LogP contribution in [0.3, 0.4) is 0 Å². The number of nitrogens with zero attached hydrogens (tertiary/aromatic N) is 3. The van der Waals surface area contributed by atoms with Gasteiger partial charge in [0, 0.05) is 39.4 Å². The molecule has 0 radical (unpaired) electrons. The summed E-state index contributed by atoms with van der Waals surface area (Å²) in [7, 11) is 3.26. The number of piperidine rings is 1. The van der Waals surface area contributed by atoms with Crippen LogP contribution < -0.4 is 10.6 Å². The van der Waals surface area contributed by atoms with E-state index < -0.39 is 0 Å². The van der Waals surface area contributed by atoms with Crippen LogP contribution in [0, 0.1) is 5.92 Å². The number of ether oxygens (including phenoxy) is 1. The average Bonchev–Trinajstić information content (AvgIpc) is 2.68. The van der Waals surface area contributed by atoms with E-state index in [4.69, 9.17) is 4.74 Å². The molecule has 1 fully saturated rings. The minimum Gasteiger partial charge on any atom is -0.469 e. The van der Waals surface area contributed by atoms with Crippen LogP contribution >= 0.6 is 24.0 Å². The van der Waals surface area contributed by atoms with Gasteiger partial charge in [-0.25, -0.2) is 4.98 Å². The molecule has 2 heterocycles. The quantitative estimate of drug-likeness (QED) is 0.207. The van der Waals surface area contributed by atoms with Gasteiger partial charge in [0.05, 0.1) is 13.0 Å². The number of hydrogen-bond donors (Lipinski definition) is 2. The van der Waals surface area contributed by atoms with Crippen molar-refractivity contribution in [2.45, 2.75) is 25.7 Å². The molecule has 0 amide bonds. The van der Waals surface area contributed by atoms with E-state index in [0.29, 0.717) is 0 Å². The fourth-order valence-electron chi connectivity index (χ4n) is 2.96. The number of carbonyl (C=O) groups excluding carboxylic acids is 1. The molecule has 2 rings (SSSR count). The Balaban J connectivity index is 0.00000338. The SMILES string of the molecule is CN=C(NCCCCNc1ccccn1)N1CCC(C(=O)OC)CC1.I. The summed E-state index contributed by atoms with van der Waals surface area (Å²) in [6, 6.07) is 5.86. The largest absolute Gasteiger partial charge is 0.469 e. The molecule has 8 heteroatoms. The Labute approximate surface area is 173 Å². The van der Waals surface area contributed by atoms with Crippen molar-refractivity contribution in [1.29, 1.82) is 0 Å². The van der Waals surface area contributed by atoms with Gasteiger partial charge in [0.25, 0.3) is 0 Å². The van der Waals surface area contributed by atoms with Crippen molar-refractivity contribution < 1.29 is 9.53 Å². The second kappa shape index (κ2) is 12.7. The molecule has 0 bridgehead atoms. The third-order valence-corrected chi connectivity index (χ3v) is 4.40. The lowest BCUT2D eigenvalue weighted by molar-refractivity contribution is -0.146. The van der Waals surface area contributed by atoms with Gasteiger partial charge in [-0.1, -0.05) is 6.07 Å². The number of aromatic nitrogens is 1. The van der Waals surface area contributed by atoms with Crippen LogP contribution in [-0.2, 0) is 9.53 Å². The molecule has 1 aromatic rings. The minimum atomic E-state index is -0.0944. The second-order valence-corrected chi connectivity index (χ2v) is 6.11. The van der Waals surface area contributed by atoms with Crippen molar-refractivity contribution >= 4 is 41.7 Å². The molecular formula is C18H30IN5O2. The zero-order valence-electron chi connectivity index (χ0n) is 15.6. The number of anilines is 1. The topological polar surface area (TPSA) is 78.9 Å². The van der Waals surface area contributed by atoms with Crippen LogP contribution in [0.5, 0.6) is 0 Å². The van der Waals surface area contributed by atoms with E-state index in [-0.39, 0.29) is 35.9 Å². The average molecular weight is 475 g/mol. The number of nitrogens with one attached hydrogen (secondary N) is 2. The first-order valence-electron chi connectivity index (χ1n) is 8.93. The van der Waals surface area contributed by atoms with Gasteiger partial charge in [-0.05, 0) is 37.8 Å². The molecule has 1 aromatic heterocycles. The summed E-state index contributed by atoms with van der Waals surface area (Å²) >= 11 is 0. The van der Waals surface area contributed by atoms with E-state index in [2.05, 4.69) is 25.5 Å². The van der Waals surface area contributed by atoms with E-state index in [1.165, 1.54) is 7.11 Å². The fourth-order valence-corrected chi connectivity index (χ4v) is 2.96. The summed E-state index contributed by atoms with van der Waals surface area (Å²) in [5, 5.41) is 6.72. The van der Waals surface area contributed by atoms with Crippen molar-refractivity contribution in [1.82, 2.24) is 15.2 Å². The third kappa shape index (κ3) is 7.35. The number of likely N-dealkylation sites (tertiary alicyclic amines) is 1. The van der Waals surface area contributed by atoms with Crippen LogP contribution in [0.15, 0.2) is 29.4 Å². The summed E-state index contributed by atoms with van der Waals surface area (Å²) in [6.45, 7) is 3.46. The number of guanidine groups is 1. The van der Waals surface area contributed by atoms with Crippen molar-refractivity contribution in [3.63, 3.8) is 0 Å². The molecule has 0 unspecified atom stereocenters. The highest BCUT2D eigenvalue weighted by atomic mass is 127. The van der Waals surface area contributed by atoms with Gasteiger partial charge >= 0.3 is 5.97 Å². The third-order valence-electron chi connectivity index (χ3n) is 4.40. The number of unbranched alkanes of at least 4 members (excludes halogenated alkanes) is 1. The van der Waals surface area contributed by atoms with Crippen LogP contribution in [0.4, 0.5) is 5.82 Å². The Bertz CT molecular complexity index is 548. The van der Waals surface area contributed by atoms with E-state index in [1.807, 2.05) is 18.2 Å². The lowest BCUT2D eigenvalue weighted by Gasteiger charge is -2.33. The van der Waals surface area contributed by atoms with Gasteiger partial charge in [-0.2, -0.15) is 0 Å². The molecule has 1 aliphatic rings. The Morgan fingerprint density at radius 1 is 1.31 bits per heavy atom. The normalized spacial score (nSPS) is 15.2. The smallest absolute Gasteiger partial charge is 0.308 e. The Morgan fingerprint density at radius 2 is 2.04 bits per heavy atom. The Kier molecular flexibility index (Phi) is 11.0. The molecule has 0 saturated carbocycles. The van der Waals surface area contributed by atoms with Crippen molar-refractivity contribution in [2.75, 3.05) is 45.7 Å². The number of halogens is 1. The van der Waals surface area contributed by atoms with Gasteiger partial charge in [0.15, 0.2) is 5.96 Å². The highest BCUT2D eigenvalue weighted by molar-refractivity contribution is 14.0. The van der Waals surface area contributed by atoms with Crippen LogP contribution in [0.1, 0.15) is 25.7 Å². The zero-order valence-corrected chi connectivity index (χ0v) is 17.9. The first-order chi connectivity index (χ1) is 12.2. The number of pyridine rings is 1. The second-order valence-electron chi connectivity index (χ2n) is 6.11. The molecule has 26 heavy (non-hydrogen) atoms. The highest BCUT2D eigenvalue weighted by Gasteiger charge is 2.26. The zero-order chi connectivity index (χ0) is 17.9. The maximum Gasteiger partial charge on any atom is 0.308 e. The summed E-state index contributed by atoms with van der Waals surface area (Å²) in [5.41, 5.74) is 0. The van der Waals surface area contributed by atoms with E-state index in [1.54, 1.807) is 13.2 Å². The summed E-state index contributed by atoms with van der Waals surface area (Å²) in [5.74, 6) is 1.76. The van der Waals surface area contributed by atoms with Crippen LogP contribution in [-0.4, -0.2) is 62.1 Å². The molecule has 2 N–H and O–H groups in total. The molecular weight excluding hydrogens is 445 g/mol. The fraction of sp³-hybridized carbons (Fsp3) is 0.611. The number of methoxy groups -OCH3 is 1. The van der Waals surface area contributed by atoms with Crippen molar-refractivity contribution in [3.8, 4) is 0 Å². The van der Waals surface area contributed by atoms with Gasteiger partial charge in [-0.15, -0.1) is 24.0 Å². The number of aliphatic imine (C=N–C) groups is 1. The minimum absolute atomic E-state index is 0. The number of carbonyl (C=O) groups is 1. The summed E-state index contributed by atoms with van der Waals surface area (Å²) in [6.07, 6.45) is 5.54. The van der Waals surface area contributed by atoms with Crippen LogP contribution in [0.25, 0.3) is 0 Å². The van der Waals surface area contributed by atoms with Gasteiger partial charge in [-0.3, -0.25) is 9.79 Å². The molecule has 7 nitrogen and oxygen atoms in total. The molecule has 0 aliphatic carbocycles. The Morgan fingerprint density at radius 3 is 2.65 bits per heavy atom. The Hall–Kier alpha value is -1.58. The van der Waals surface area contributed by atoms with E-state index in [9.17, 15) is 4.79 Å². The predicted molar refractivity (Wildman–Crippen MR) is 115 cm³/mol. The lowest BCUT2D eigenvalue weighted by Crippen LogP contribution is -2.46. The predicted octanol–water partition coefficient (Wildman–Crippen LogP) is 2.35. The van der Waals surface area contributed by atoms with Gasteiger partial charge in [0.2, 0.25) is 0 Å². The molecule has 0 aromatic carbocycles. The first kappa shape index (κ1) is 22.5. The van der Waals surface area contributed by atoms with E-state index >= 15 is 0 Å². The summed E-state index contributed by atoms with van der Waals surface area (Å²) in [4.78, 5) is 22.4. The maximum absolute atomic E-state index is 11.6.